The number of hydrogen-bond donors (Lipinski definition) is 2. The number of amides is 1. The number of carbonyl (C=O) groups excluding carboxylic acids is 1. The lowest BCUT2D eigenvalue weighted by Gasteiger charge is -2.26. The summed E-state index contributed by atoms with van der Waals surface area (Å²) in [7, 11) is 1.78. The number of carbonyl (C=O) groups is 1. The van der Waals surface area contributed by atoms with E-state index in [0.29, 0.717) is 18.4 Å². The van der Waals surface area contributed by atoms with Crippen LogP contribution in [-0.2, 0) is 11.3 Å². The molecule has 2 heterocycles. The first-order chi connectivity index (χ1) is 17.1. The van der Waals surface area contributed by atoms with E-state index >= 15 is 0 Å². The standard InChI is InChI=1S/C27H39N7O/c1-3-4-15-30-19-31-27-24(17-29-2)26(32-34(27)18-20-7-11-22(28)12-8-20)21-9-13-23(14-10-21)33-16-5-6-25(33)35/h9-10,13-14,17,19-20,22H,3-8,11-12,15-16,18,28H2,1-2H3,(H,30,31). The highest BCUT2D eigenvalue weighted by molar-refractivity contribution is 5.98. The number of nitrogens with one attached hydrogen (secondary N) is 1. The molecule has 2 fully saturated rings. The average Bonchev–Trinajstić information content (AvgIpc) is 3.44. The van der Waals surface area contributed by atoms with Crippen molar-refractivity contribution in [3.05, 3.63) is 29.8 Å². The van der Waals surface area contributed by atoms with Crippen molar-refractivity contribution in [3.63, 3.8) is 0 Å². The van der Waals surface area contributed by atoms with Crippen LogP contribution in [0.5, 0.6) is 0 Å². The predicted molar refractivity (Wildman–Crippen MR) is 145 cm³/mol. The second kappa shape index (κ2) is 12.1. The van der Waals surface area contributed by atoms with E-state index in [0.717, 1.165) is 92.9 Å². The van der Waals surface area contributed by atoms with Crippen LogP contribution in [0, 0.1) is 5.92 Å². The summed E-state index contributed by atoms with van der Waals surface area (Å²) in [6.45, 7) is 4.60. The molecule has 0 unspecified atom stereocenters. The van der Waals surface area contributed by atoms with Crippen molar-refractivity contribution in [1.29, 1.82) is 0 Å². The lowest BCUT2D eigenvalue weighted by Crippen LogP contribution is -2.28. The Morgan fingerprint density at radius 3 is 2.63 bits per heavy atom. The van der Waals surface area contributed by atoms with Gasteiger partial charge < -0.3 is 16.0 Å². The van der Waals surface area contributed by atoms with Crippen LogP contribution in [0.15, 0.2) is 34.3 Å². The van der Waals surface area contributed by atoms with Crippen LogP contribution < -0.4 is 16.0 Å². The molecule has 1 saturated heterocycles. The van der Waals surface area contributed by atoms with E-state index in [-0.39, 0.29) is 5.91 Å². The highest BCUT2D eigenvalue weighted by atomic mass is 16.2. The number of anilines is 2. The van der Waals surface area contributed by atoms with Gasteiger partial charge in [0.2, 0.25) is 5.91 Å². The van der Waals surface area contributed by atoms with Crippen LogP contribution in [0.3, 0.4) is 0 Å². The minimum atomic E-state index is 0.196. The van der Waals surface area contributed by atoms with E-state index in [1.165, 1.54) is 0 Å². The van der Waals surface area contributed by atoms with Gasteiger partial charge in [-0.3, -0.25) is 14.8 Å². The third-order valence-electron chi connectivity index (χ3n) is 7.03. The molecule has 8 heteroatoms. The number of hydrogen-bond acceptors (Lipinski definition) is 5. The molecule has 1 aliphatic heterocycles. The van der Waals surface area contributed by atoms with Crippen LogP contribution in [0.1, 0.15) is 63.9 Å². The Morgan fingerprint density at radius 2 is 1.97 bits per heavy atom. The zero-order valence-corrected chi connectivity index (χ0v) is 21.1. The second-order valence-electron chi connectivity index (χ2n) is 9.69. The Balaban J connectivity index is 1.64. The van der Waals surface area contributed by atoms with Crippen LogP contribution in [0.2, 0.25) is 0 Å². The minimum Gasteiger partial charge on any atom is -0.331 e. The Morgan fingerprint density at radius 1 is 1.20 bits per heavy atom. The number of unbranched alkanes of at least 4 members (excludes halogenated alkanes) is 1. The second-order valence-corrected chi connectivity index (χ2v) is 9.69. The highest BCUT2D eigenvalue weighted by Crippen LogP contribution is 2.32. The molecule has 0 radical (unpaired) electrons. The lowest BCUT2D eigenvalue weighted by atomic mass is 9.86. The third kappa shape index (κ3) is 6.17. The van der Waals surface area contributed by atoms with Crippen molar-refractivity contribution in [2.75, 3.05) is 30.4 Å². The van der Waals surface area contributed by atoms with Gasteiger partial charge in [0, 0.05) is 56.6 Å². The molecule has 1 aromatic heterocycles. The number of benzene rings is 1. The van der Waals surface area contributed by atoms with Crippen LogP contribution in [0.4, 0.5) is 11.5 Å². The number of rotatable bonds is 10. The van der Waals surface area contributed by atoms with Crippen molar-refractivity contribution in [2.24, 2.45) is 21.6 Å². The summed E-state index contributed by atoms with van der Waals surface area (Å²) >= 11 is 0. The molecule has 2 aromatic rings. The van der Waals surface area contributed by atoms with Crippen LogP contribution >= 0.6 is 0 Å². The number of aliphatic imine (C=N–C) groups is 2. The topological polar surface area (TPSA) is 101 Å². The Hall–Kier alpha value is -3.00. The van der Waals surface area contributed by atoms with Crippen molar-refractivity contribution in [1.82, 2.24) is 9.78 Å². The number of nitrogens with zero attached hydrogens (tertiary/aromatic N) is 5. The van der Waals surface area contributed by atoms with Crippen LogP contribution in [0.25, 0.3) is 11.3 Å². The molecule has 1 saturated carbocycles. The largest absolute Gasteiger partial charge is 0.331 e. The molecule has 8 nitrogen and oxygen atoms in total. The molecule has 188 valence electrons. The maximum atomic E-state index is 12.2. The molecule has 0 spiro atoms. The van der Waals surface area contributed by atoms with Gasteiger partial charge in [0.1, 0.15) is 11.5 Å². The van der Waals surface area contributed by atoms with Gasteiger partial charge in [-0.2, -0.15) is 5.10 Å². The quantitative estimate of drug-likeness (QED) is 0.299. The van der Waals surface area contributed by atoms with Crippen molar-refractivity contribution < 1.29 is 4.79 Å². The van der Waals surface area contributed by atoms with Crippen molar-refractivity contribution >= 4 is 30.0 Å². The van der Waals surface area contributed by atoms with E-state index in [1.807, 2.05) is 23.2 Å². The van der Waals surface area contributed by atoms with E-state index in [4.69, 9.17) is 10.8 Å². The average molecular weight is 478 g/mol. The predicted octanol–water partition coefficient (Wildman–Crippen LogP) is 4.48. The first-order valence-corrected chi connectivity index (χ1v) is 13.0. The summed E-state index contributed by atoms with van der Waals surface area (Å²) in [6, 6.07) is 8.48. The summed E-state index contributed by atoms with van der Waals surface area (Å²) < 4.78 is 2.08. The van der Waals surface area contributed by atoms with Crippen LogP contribution in [-0.4, -0.2) is 54.4 Å². The SMILES string of the molecule is CCCCN=CNc1c(C=NC)c(-c2ccc(N3CCCC3=O)cc2)nn1CC1CCC(N)CC1. The fraction of sp³-hybridized carbons (Fsp3) is 0.556. The van der Waals surface area contributed by atoms with Gasteiger partial charge in [-0.15, -0.1) is 0 Å². The zero-order chi connectivity index (χ0) is 24.6. The molecule has 4 rings (SSSR count). The van der Waals surface area contributed by atoms with Gasteiger partial charge in [0.25, 0.3) is 0 Å². The molecule has 2 aliphatic rings. The van der Waals surface area contributed by atoms with Gasteiger partial charge in [-0.05, 0) is 56.6 Å². The van der Waals surface area contributed by atoms with E-state index in [1.54, 1.807) is 13.4 Å². The zero-order valence-electron chi connectivity index (χ0n) is 21.1. The molecule has 1 amide bonds. The summed E-state index contributed by atoms with van der Waals surface area (Å²) in [5.74, 6) is 1.66. The van der Waals surface area contributed by atoms with Gasteiger partial charge in [-0.1, -0.05) is 25.5 Å². The third-order valence-corrected chi connectivity index (χ3v) is 7.03. The summed E-state index contributed by atoms with van der Waals surface area (Å²) in [5, 5.41) is 8.47. The Bertz CT molecular complexity index is 1030. The fourth-order valence-corrected chi connectivity index (χ4v) is 4.98. The molecular formula is C27H39N7O. The summed E-state index contributed by atoms with van der Waals surface area (Å²) in [5.41, 5.74) is 9.92. The first kappa shape index (κ1) is 25.1. The van der Waals surface area contributed by atoms with E-state index < -0.39 is 0 Å². The van der Waals surface area contributed by atoms with Gasteiger partial charge in [0.05, 0.1) is 11.9 Å². The van der Waals surface area contributed by atoms with Gasteiger partial charge in [-0.25, -0.2) is 4.68 Å². The molecule has 0 bridgehead atoms. The molecule has 3 N–H and O–H groups in total. The molecule has 1 aromatic carbocycles. The highest BCUT2D eigenvalue weighted by Gasteiger charge is 2.25. The maximum absolute atomic E-state index is 12.2. The normalized spacial score (nSPS) is 21.0. The Kier molecular flexibility index (Phi) is 8.69. The van der Waals surface area contributed by atoms with Gasteiger partial charge in [0.15, 0.2) is 0 Å². The molecule has 0 atom stereocenters. The molecule has 1 aliphatic carbocycles. The maximum Gasteiger partial charge on any atom is 0.227 e. The Labute approximate surface area is 208 Å². The van der Waals surface area contributed by atoms with Crippen molar-refractivity contribution in [3.8, 4) is 11.3 Å². The number of aromatic nitrogens is 2. The summed E-state index contributed by atoms with van der Waals surface area (Å²) in [4.78, 5) is 22.9. The smallest absolute Gasteiger partial charge is 0.227 e. The number of nitrogens with two attached hydrogens (primary N) is 1. The summed E-state index contributed by atoms with van der Waals surface area (Å²) in [6.07, 6.45) is 11.8. The van der Waals surface area contributed by atoms with Crippen molar-refractivity contribution in [2.45, 2.75) is 70.9 Å². The molecule has 35 heavy (non-hydrogen) atoms. The minimum absolute atomic E-state index is 0.196. The van der Waals surface area contributed by atoms with E-state index in [2.05, 4.69) is 39.0 Å². The molecular weight excluding hydrogens is 438 g/mol. The van der Waals surface area contributed by atoms with Gasteiger partial charge >= 0.3 is 0 Å². The lowest BCUT2D eigenvalue weighted by molar-refractivity contribution is -0.117. The van der Waals surface area contributed by atoms with E-state index in [9.17, 15) is 4.79 Å². The monoisotopic (exact) mass is 477 g/mol. The first-order valence-electron chi connectivity index (χ1n) is 13.0. The fourth-order valence-electron chi connectivity index (χ4n) is 4.98.